The van der Waals surface area contributed by atoms with Gasteiger partial charge in [-0.3, -0.25) is 4.79 Å². The number of carboxylic acids is 1. The van der Waals surface area contributed by atoms with Crippen molar-refractivity contribution in [3.63, 3.8) is 0 Å². The van der Waals surface area contributed by atoms with Crippen LogP contribution in [0, 0.1) is 5.82 Å². The van der Waals surface area contributed by atoms with Crippen LogP contribution in [0.25, 0.3) is 5.69 Å². The lowest BCUT2D eigenvalue weighted by molar-refractivity contribution is -0.148. The summed E-state index contributed by atoms with van der Waals surface area (Å²) in [6.07, 6.45) is 2.25. The summed E-state index contributed by atoms with van der Waals surface area (Å²) in [5.41, 5.74) is 2.54. The summed E-state index contributed by atoms with van der Waals surface area (Å²) in [5.74, 6) is -1.99. The zero-order valence-corrected chi connectivity index (χ0v) is 14.4. The molecule has 2 N–H and O–H groups in total. The average molecular weight is 361 g/mol. The first kappa shape index (κ1) is 18.1. The van der Waals surface area contributed by atoms with Gasteiger partial charge in [0.05, 0.1) is 12.2 Å². The predicted molar refractivity (Wildman–Crippen MR) is 90.9 cm³/mol. The fraction of sp³-hybridized carbons (Fsp3) is 0.389. The topological polar surface area (TPSA) is 93.5 Å². The third-order valence-electron chi connectivity index (χ3n) is 4.46. The molecule has 0 bridgehead atoms. The maximum absolute atomic E-state index is 13.6. The molecule has 0 fully saturated rings. The number of aromatic nitrogens is 2. The monoisotopic (exact) mass is 361 g/mol. The Hall–Kier alpha value is -2.74. The lowest BCUT2D eigenvalue weighted by Crippen LogP contribution is -2.38. The first-order valence-electron chi connectivity index (χ1n) is 8.41. The molecule has 8 heteroatoms. The van der Waals surface area contributed by atoms with Crippen LogP contribution in [0.4, 0.5) is 4.39 Å². The maximum Gasteiger partial charge on any atom is 0.334 e. The number of hydrogen-bond donors (Lipinski definition) is 2. The van der Waals surface area contributed by atoms with Crippen LogP contribution in [0.3, 0.4) is 0 Å². The fourth-order valence-corrected chi connectivity index (χ4v) is 3.14. The normalized spacial score (nSPS) is 14.5. The van der Waals surface area contributed by atoms with Gasteiger partial charge in [0.25, 0.3) is 5.91 Å². The Kier molecular flexibility index (Phi) is 5.32. The minimum absolute atomic E-state index is 0.160. The van der Waals surface area contributed by atoms with Crippen molar-refractivity contribution in [2.24, 2.45) is 0 Å². The van der Waals surface area contributed by atoms with E-state index in [4.69, 9.17) is 9.84 Å². The molecule has 138 valence electrons. The molecule has 3 rings (SSSR count). The number of carboxylic acid groups (broad SMARTS) is 1. The second-order valence-corrected chi connectivity index (χ2v) is 6.15. The standard InChI is InChI=1S/C18H20FN3O4/c1-26-15(18(24)25)10-20-17(23)16-13-7-2-3-8-14(13)22(21-16)12-6-4-5-11(19)9-12/h4-6,9,15H,2-3,7-8,10H2,1H3,(H,20,23)(H,24,25). The van der Waals surface area contributed by atoms with Crippen molar-refractivity contribution in [1.29, 1.82) is 0 Å². The van der Waals surface area contributed by atoms with Crippen molar-refractivity contribution in [2.75, 3.05) is 13.7 Å². The lowest BCUT2D eigenvalue weighted by atomic mass is 9.95. The molecule has 1 heterocycles. The molecule has 1 aliphatic rings. The molecule has 0 radical (unpaired) electrons. The minimum atomic E-state index is -1.15. The number of benzene rings is 1. The van der Waals surface area contributed by atoms with E-state index in [1.54, 1.807) is 16.8 Å². The zero-order chi connectivity index (χ0) is 18.7. The molecular formula is C18H20FN3O4. The Balaban J connectivity index is 1.90. The lowest BCUT2D eigenvalue weighted by Gasteiger charge is -2.14. The van der Waals surface area contributed by atoms with Crippen LogP contribution in [-0.4, -0.2) is 46.5 Å². The van der Waals surface area contributed by atoms with Crippen LogP contribution in [0.2, 0.25) is 0 Å². The van der Waals surface area contributed by atoms with Gasteiger partial charge in [0.15, 0.2) is 11.8 Å². The number of rotatable bonds is 6. The van der Waals surface area contributed by atoms with E-state index in [1.165, 1.54) is 19.2 Å². The number of nitrogens with zero attached hydrogens (tertiary/aromatic N) is 2. The summed E-state index contributed by atoms with van der Waals surface area (Å²) in [6.45, 7) is -0.160. The summed E-state index contributed by atoms with van der Waals surface area (Å²) < 4.78 is 20.0. The third-order valence-corrected chi connectivity index (χ3v) is 4.46. The molecule has 1 amide bonds. The molecule has 0 saturated carbocycles. The average Bonchev–Trinajstić information content (AvgIpc) is 3.01. The van der Waals surface area contributed by atoms with E-state index in [0.717, 1.165) is 30.5 Å². The van der Waals surface area contributed by atoms with Gasteiger partial charge in [0, 0.05) is 18.4 Å². The maximum atomic E-state index is 13.6. The highest BCUT2D eigenvalue weighted by atomic mass is 19.1. The van der Waals surface area contributed by atoms with Gasteiger partial charge in [0.2, 0.25) is 0 Å². The van der Waals surface area contributed by atoms with Crippen LogP contribution < -0.4 is 5.32 Å². The summed E-state index contributed by atoms with van der Waals surface area (Å²) in [7, 11) is 1.27. The minimum Gasteiger partial charge on any atom is -0.479 e. The van der Waals surface area contributed by atoms with E-state index in [0.29, 0.717) is 12.1 Å². The van der Waals surface area contributed by atoms with Crippen LogP contribution in [-0.2, 0) is 22.4 Å². The highest BCUT2D eigenvalue weighted by Crippen LogP contribution is 2.27. The largest absolute Gasteiger partial charge is 0.479 e. The molecule has 7 nitrogen and oxygen atoms in total. The van der Waals surface area contributed by atoms with E-state index in [-0.39, 0.29) is 18.1 Å². The van der Waals surface area contributed by atoms with Crippen LogP contribution in [0.5, 0.6) is 0 Å². The molecule has 26 heavy (non-hydrogen) atoms. The molecule has 1 aromatic heterocycles. The Morgan fingerprint density at radius 1 is 1.38 bits per heavy atom. The first-order chi connectivity index (χ1) is 12.5. The quantitative estimate of drug-likeness (QED) is 0.817. The van der Waals surface area contributed by atoms with Gasteiger partial charge in [-0.2, -0.15) is 5.10 Å². The second kappa shape index (κ2) is 7.65. The molecule has 0 saturated heterocycles. The van der Waals surface area contributed by atoms with Crippen LogP contribution >= 0.6 is 0 Å². The summed E-state index contributed by atoms with van der Waals surface area (Å²) >= 11 is 0. The molecular weight excluding hydrogens is 341 g/mol. The number of amides is 1. The molecule has 0 spiro atoms. The van der Waals surface area contributed by atoms with E-state index >= 15 is 0 Å². The van der Waals surface area contributed by atoms with Crippen molar-refractivity contribution in [2.45, 2.75) is 31.8 Å². The van der Waals surface area contributed by atoms with E-state index < -0.39 is 18.0 Å². The first-order valence-corrected chi connectivity index (χ1v) is 8.41. The number of nitrogens with one attached hydrogen (secondary N) is 1. The summed E-state index contributed by atoms with van der Waals surface area (Å²) in [5, 5.41) is 16.0. The van der Waals surface area contributed by atoms with Crippen molar-refractivity contribution < 1.29 is 23.8 Å². The van der Waals surface area contributed by atoms with Gasteiger partial charge in [0.1, 0.15) is 5.82 Å². The van der Waals surface area contributed by atoms with Crippen LogP contribution in [0.15, 0.2) is 24.3 Å². The number of hydrogen-bond acceptors (Lipinski definition) is 4. The third kappa shape index (κ3) is 3.60. The Bertz CT molecular complexity index is 834. The highest BCUT2D eigenvalue weighted by molar-refractivity contribution is 5.94. The number of fused-ring (bicyclic) bond motifs is 1. The van der Waals surface area contributed by atoms with Crippen molar-refractivity contribution in [1.82, 2.24) is 15.1 Å². The number of carbonyl (C=O) groups is 2. The molecule has 0 aliphatic heterocycles. The highest BCUT2D eigenvalue weighted by Gasteiger charge is 2.26. The second-order valence-electron chi connectivity index (χ2n) is 6.15. The van der Waals surface area contributed by atoms with Crippen LogP contribution in [0.1, 0.15) is 34.6 Å². The summed E-state index contributed by atoms with van der Waals surface area (Å²) in [6, 6.07) is 6.05. The molecule has 1 aromatic carbocycles. The summed E-state index contributed by atoms with van der Waals surface area (Å²) in [4.78, 5) is 23.6. The van der Waals surface area contributed by atoms with E-state index in [9.17, 15) is 14.0 Å². The Morgan fingerprint density at radius 2 is 2.15 bits per heavy atom. The molecule has 2 aromatic rings. The Labute approximate surface area is 149 Å². The fourth-order valence-electron chi connectivity index (χ4n) is 3.14. The predicted octanol–water partition coefficient (Wildman–Crippen LogP) is 1.72. The van der Waals surface area contributed by atoms with Gasteiger partial charge >= 0.3 is 5.97 Å². The zero-order valence-electron chi connectivity index (χ0n) is 14.4. The molecule has 1 atom stereocenters. The van der Waals surface area contributed by atoms with Crippen molar-refractivity contribution in [3.8, 4) is 5.69 Å². The Morgan fingerprint density at radius 3 is 2.85 bits per heavy atom. The van der Waals surface area contributed by atoms with Gasteiger partial charge in [-0.1, -0.05) is 6.07 Å². The van der Waals surface area contributed by atoms with Crippen molar-refractivity contribution >= 4 is 11.9 Å². The van der Waals surface area contributed by atoms with E-state index in [2.05, 4.69) is 10.4 Å². The number of aliphatic carboxylic acids is 1. The van der Waals surface area contributed by atoms with Gasteiger partial charge in [-0.05, 0) is 43.9 Å². The number of halogens is 1. The van der Waals surface area contributed by atoms with Gasteiger partial charge < -0.3 is 15.2 Å². The van der Waals surface area contributed by atoms with Gasteiger partial charge in [-0.25, -0.2) is 13.9 Å². The number of methoxy groups -OCH3 is 1. The SMILES string of the molecule is COC(CNC(=O)c1nn(-c2cccc(F)c2)c2c1CCCC2)C(=O)O. The van der Waals surface area contributed by atoms with Gasteiger partial charge in [-0.15, -0.1) is 0 Å². The smallest absolute Gasteiger partial charge is 0.334 e. The number of carbonyl (C=O) groups excluding carboxylic acids is 1. The number of ether oxygens (including phenoxy) is 1. The van der Waals surface area contributed by atoms with Crippen molar-refractivity contribution in [3.05, 3.63) is 47.0 Å². The molecule has 1 aliphatic carbocycles. The molecule has 1 unspecified atom stereocenters. The van der Waals surface area contributed by atoms with E-state index in [1.807, 2.05) is 0 Å².